The van der Waals surface area contributed by atoms with Crippen LogP contribution in [-0.4, -0.2) is 46.6 Å². The van der Waals surface area contributed by atoms with Crippen molar-refractivity contribution in [3.05, 3.63) is 29.3 Å². The summed E-state index contributed by atoms with van der Waals surface area (Å²) in [6.45, 7) is 4.64. The number of carbonyl (C=O) groups is 3. The molecule has 0 unspecified atom stereocenters. The molecule has 0 bridgehead atoms. The Hall–Kier alpha value is -2.28. The topological polar surface area (TPSA) is 79.4 Å². The van der Waals surface area contributed by atoms with Crippen LogP contribution in [0.4, 0.5) is 0 Å². The molecule has 0 radical (unpaired) electrons. The molecule has 1 N–H and O–H groups in total. The minimum Gasteiger partial charge on any atom is -0.346 e. The van der Waals surface area contributed by atoms with Crippen molar-refractivity contribution in [2.45, 2.75) is 45.6 Å². The molecule has 2 amide bonds. The number of benzene rings is 1. The number of hydrogen-bond acceptors (Lipinski definition) is 5. The summed E-state index contributed by atoms with van der Waals surface area (Å²) in [4.78, 5) is 43.5. The minimum absolute atomic E-state index is 0. The third-order valence-electron chi connectivity index (χ3n) is 4.95. The zero-order chi connectivity index (χ0) is 19.4. The van der Waals surface area contributed by atoms with E-state index in [1.165, 1.54) is 18.3 Å². The average molecular weight is 390 g/mol. The lowest BCUT2D eigenvalue weighted by molar-refractivity contribution is -0.134. The van der Waals surface area contributed by atoms with E-state index < -0.39 is 6.04 Å². The Bertz CT molecular complexity index is 821. The molecule has 1 aromatic carbocycles. The molecular formula is C20H27N3O3S. The highest BCUT2D eigenvalue weighted by Crippen LogP contribution is 2.24. The van der Waals surface area contributed by atoms with Crippen molar-refractivity contribution in [2.24, 2.45) is 5.92 Å². The lowest BCUT2D eigenvalue weighted by Gasteiger charge is -2.32. The monoisotopic (exact) mass is 389 g/mol. The number of ketones is 1. The van der Waals surface area contributed by atoms with Crippen molar-refractivity contribution < 1.29 is 15.8 Å². The third-order valence-corrected chi connectivity index (χ3v) is 6.00. The number of fused-ring (bicyclic) bond motifs is 1. The average Bonchev–Trinajstić information content (AvgIpc) is 3.11. The molecule has 1 saturated heterocycles. The maximum atomic E-state index is 13.0. The van der Waals surface area contributed by atoms with Gasteiger partial charge in [0.1, 0.15) is 0 Å². The number of amides is 2. The van der Waals surface area contributed by atoms with E-state index in [9.17, 15) is 14.4 Å². The Morgan fingerprint density at radius 3 is 2.85 bits per heavy atom. The standard InChI is InChI=1S/C20H25N3O3S.H2/c1-3-7-16(18(25)20-22-15-9-4-5-10-17(15)27-20)21-19(26)14-8-6-11-23(12-14)13(2)24;/h4-5,9-10,14,16H,3,6-8,11-12H2,1-2H3,(H,21,26);1H/t14-,16+;/m1./s1. The molecule has 2 heterocycles. The van der Waals surface area contributed by atoms with E-state index in [4.69, 9.17) is 0 Å². The summed E-state index contributed by atoms with van der Waals surface area (Å²) in [5, 5.41) is 3.36. The summed E-state index contributed by atoms with van der Waals surface area (Å²) >= 11 is 1.36. The van der Waals surface area contributed by atoms with Gasteiger partial charge in [0, 0.05) is 21.4 Å². The lowest BCUT2D eigenvalue weighted by Crippen LogP contribution is -2.49. The number of para-hydroxylation sites is 1. The first-order valence-corrected chi connectivity index (χ1v) is 10.3. The van der Waals surface area contributed by atoms with Gasteiger partial charge in [-0.25, -0.2) is 4.98 Å². The van der Waals surface area contributed by atoms with Gasteiger partial charge in [-0.15, -0.1) is 11.3 Å². The molecule has 6 nitrogen and oxygen atoms in total. The molecule has 1 aliphatic heterocycles. The molecule has 2 aromatic rings. The van der Waals surface area contributed by atoms with Gasteiger partial charge in [0.05, 0.1) is 22.2 Å². The van der Waals surface area contributed by atoms with E-state index >= 15 is 0 Å². The predicted molar refractivity (Wildman–Crippen MR) is 108 cm³/mol. The zero-order valence-corrected chi connectivity index (χ0v) is 16.6. The quantitative estimate of drug-likeness (QED) is 0.769. The second kappa shape index (κ2) is 8.61. The second-order valence-electron chi connectivity index (χ2n) is 7.01. The van der Waals surface area contributed by atoms with Gasteiger partial charge in [0.2, 0.25) is 17.6 Å². The van der Waals surface area contributed by atoms with Crippen molar-refractivity contribution in [2.75, 3.05) is 13.1 Å². The SMILES string of the molecule is CCC[C@H](NC(=O)[C@@H]1CCCN(C(C)=O)C1)C(=O)c1nc2ccccc2s1.[HH]. The van der Waals surface area contributed by atoms with Crippen molar-refractivity contribution in [1.82, 2.24) is 15.2 Å². The molecule has 1 aliphatic rings. The first-order chi connectivity index (χ1) is 13.0. The number of rotatable bonds is 6. The lowest BCUT2D eigenvalue weighted by atomic mass is 9.96. The fourth-order valence-electron chi connectivity index (χ4n) is 3.45. The number of piperidine rings is 1. The summed E-state index contributed by atoms with van der Waals surface area (Å²) in [5.74, 6) is -0.548. The third kappa shape index (κ3) is 4.53. The van der Waals surface area contributed by atoms with Crippen LogP contribution in [0, 0.1) is 5.92 Å². The van der Waals surface area contributed by atoms with E-state index in [0.717, 1.165) is 29.5 Å². The minimum atomic E-state index is -0.573. The molecule has 2 atom stereocenters. The number of hydrogen-bond donors (Lipinski definition) is 1. The molecule has 27 heavy (non-hydrogen) atoms. The molecule has 1 aromatic heterocycles. The zero-order valence-electron chi connectivity index (χ0n) is 15.7. The van der Waals surface area contributed by atoms with E-state index in [0.29, 0.717) is 24.5 Å². The fourth-order valence-corrected chi connectivity index (χ4v) is 4.41. The normalized spacial score (nSPS) is 18.3. The maximum Gasteiger partial charge on any atom is 0.225 e. The van der Waals surface area contributed by atoms with Gasteiger partial charge in [0.15, 0.2) is 5.01 Å². The van der Waals surface area contributed by atoms with Gasteiger partial charge < -0.3 is 10.2 Å². The van der Waals surface area contributed by atoms with Crippen LogP contribution >= 0.6 is 11.3 Å². The summed E-state index contributed by atoms with van der Waals surface area (Å²) in [5.41, 5.74) is 0.803. The van der Waals surface area contributed by atoms with Gasteiger partial charge in [0.25, 0.3) is 0 Å². The van der Waals surface area contributed by atoms with E-state index in [2.05, 4.69) is 10.3 Å². The molecule has 1 fully saturated rings. The molecular weight excluding hydrogens is 362 g/mol. The van der Waals surface area contributed by atoms with Crippen LogP contribution in [0.2, 0.25) is 0 Å². The number of Topliss-reactive ketones (excluding diaryl/α,β-unsaturated/α-hetero) is 1. The van der Waals surface area contributed by atoms with Crippen LogP contribution in [0.1, 0.15) is 50.8 Å². The fraction of sp³-hybridized carbons (Fsp3) is 0.500. The van der Waals surface area contributed by atoms with Gasteiger partial charge in [-0.05, 0) is 31.4 Å². The summed E-state index contributed by atoms with van der Waals surface area (Å²) < 4.78 is 0.965. The van der Waals surface area contributed by atoms with Crippen molar-refractivity contribution in [1.29, 1.82) is 0 Å². The van der Waals surface area contributed by atoms with E-state index in [-0.39, 0.29) is 24.9 Å². The molecule has 146 valence electrons. The number of carbonyl (C=O) groups excluding carboxylic acids is 3. The van der Waals surface area contributed by atoms with E-state index in [1.54, 1.807) is 4.90 Å². The first kappa shape index (κ1) is 19.5. The maximum absolute atomic E-state index is 13.0. The Morgan fingerprint density at radius 2 is 2.15 bits per heavy atom. The number of likely N-dealkylation sites (tertiary alicyclic amines) is 1. The predicted octanol–water partition coefficient (Wildman–Crippen LogP) is 3.27. The number of nitrogens with zero attached hydrogens (tertiary/aromatic N) is 2. The number of aromatic nitrogens is 1. The van der Waals surface area contributed by atoms with Crippen molar-refractivity contribution in [3.63, 3.8) is 0 Å². The smallest absolute Gasteiger partial charge is 0.225 e. The van der Waals surface area contributed by atoms with Crippen LogP contribution in [0.15, 0.2) is 24.3 Å². The van der Waals surface area contributed by atoms with E-state index in [1.807, 2.05) is 31.2 Å². The number of nitrogens with one attached hydrogen (secondary N) is 1. The molecule has 7 heteroatoms. The van der Waals surface area contributed by atoms with Gasteiger partial charge >= 0.3 is 0 Å². The van der Waals surface area contributed by atoms with Crippen LogP contribution in [0.25, 0.3) is 10.2 Å². The number of thiazole rings is 1. The van der Waals surface area contributed by atoms with Crippen molar-refractivity contribution in [3.8, 4) is 0 Å². The Balaban J connectivity index is 0.00000280. The Kier molecular flexibility index (Phi) is 6.21. The Labute approximate surface area is 164 Å². The molecule has 3 rings (SSSR count). The highest BCUT2D eigenvalue weighted by Gasteiger charge is 2.31. The highest BCUT2D eigenvalue weighted by molar-refractivity contribution is 7.20. The highest BCUT2D eigenvalue weighted by atomic mass is 32.1. The van der Waals surface area contributed by atoms with Crippen LogP contribution in [0.5, 0.6) is 0 Å². The summed E-state index contributed by atoms with van der Waals surface area (Å²) in [6.07, 6.45) is 2.90. The first-order valence-electron chi connectivity index (χ1n) is 9.45. The van der Waals surface area contributed by atoms with Crippen molar-refractivity contribution >= 4 is 39.2 Å². The molecule has 0 spiro atoms. The van der Waals surface area contributed by atoms with Gasteiger partial charge in [-0.3, -0.25) is 14.4 Å². The van der Waals surface area contributed by atoms with Gasteiger partial charge in [-0.1, -0.05) is 25.5 Å². The van der Waals surface area contributed by atoms with Gasteiger partial charge in [-0.2, -0.15) is 0 Å². The molecule has 0 aliphatic carbocycles. The molecule has 0 saturated carbocycles. The summed E-state index contributed by atoms with van der Waals surface area (Å²) in [7, 11) is 0. The van der Waals surface area contributed by atoms with Crippen LogP contribution in [0.3, 0.4) is 0 Å². The van der Waals surface area contributed by atoms with Crippen LogP contribution < -0.4 is 5.32 Å². The largest absolute Gasteiger partial charge is 0.346 e. The Morgan fingerprint density at radius 1 is 1.37 bits per heavy atom. The summed E-state index contributed by atoms with van der Waals surface area (Å²) in [6, 6.07) is 7.06. The second-order valence-corrected chi connectivity index (χ2v) is 8.04. The van der Waals surface area contributed by atoms with Crippen LogP contribution in [-0.2, 0) is 9.59 Å².